The highest BCUT2D eigenvalue weighted by Gasteiger charge is 2.48. The van der Waals surface area contributed by atoms with E-state index in [0.29, 0.717) is 37.7 Å². The molecule has 3 saturated heterocycles. The summed E-state index contributed by atoms with van der Waals surface area (Å²) in [5, 5.41) is 116. The molecule has 3 aliphatic rings. The van der Waals surface area contributed by atoms with E-state index >= 15 is 0 Å². The summed E-state index contributed by atoms with van der Waals surface area (Å²) in [6.45, 7) is 13.0. The van der Waals surface area contributed by atoms with Crippen molar-refractivity contribution in [2.45, 2.75) is 274 Å². The number of ketones is 2. The third-order valence-electron chi connectivity index (χ3n) is 17.3. The summed E-state index contributed by atoms with van der Waals surface area (Å²) in [7, 11) is 1.66. The molecule has 5 amide bonds. The molecule has 35 heteroatoms. The Morgan fingerprint density at radius 3 is 1.19 bits per heavy atom. The minimum Gasteiger partial charge on any atom is -0.394 e. The molecule has 0 aromatic carbocycles. The van der Waals surface area contributed by atoms with E-state index in [9.17, 15) is 84.6 Å². The highest BCUT2D eigenvalue weighted by molar-refractivity contribution is 5.81. The standard InChI is InChI=1S/C67H121N5O30.C5H12/c1-44(76)69-55-61(87)58(84)50(41-73)100-64(55)97-38-35-94-32-29-91-26-11-15-48(80)18-21-67(72-54(83)17-10-14-47(79)13-8-6-5-7-9-25-90-4,22-19-49(81)16-12-27-92-30-33-95-36-39-98-65-56(70-45(2)77)62(88)59(85)51(42-74)101-65)23-20-53(82)68-24-28-93-31-34-96-37-40-99-66-57(71-46(3)78)63(89)60(86)52(43-75)102-66;1-5(2,3)4/h48,50-52,55-66,73-75,80,84-89H,5-43H2,1-4H3,(H,68,82)(H,69,76)(H,70,77)(H,71,78)(H,72,83);1-4H3. The molecular weight excluding hydrogens is 1410 g/mol. The lowest BCUT2D eigenvalue weighted by atomic mass is 9.81. The monoisotopic (exact) mass is 1550 g/mol. The number of amides is 5. The van der Waals surface area contributed by atoms with E-state index in [0.717, 1.165) is 32.1 Å². The minimum atomic E-state index is -1.47. The molecule has 0 aromatic heterocycles. The second-order valence-electron chi connectivity index (χ2n) is 28.6. The van der Waals surface area contributed by atoms with Gasteiger partial charge < -0.3 is 139 Å². The smallest absolute Gasteiger partial charge is 0.220 e. The Hall–Kier alpha value is -4.23. The van der Waals surface area contributed by atoms with Crippen molar-refractivity contribution < 1.29 is 146 Å². The summed E-state index contributed by atoms with van der Waals surface area (Å²) >= 11 is 0. The van der Waals surface area contributed by atoms with Crippen LogP contribution >= 0.6 is 0 Å². The molecule has 0 saturated carbocycles. The summed E-state index contributed by atoms with van der Waals surface area (Å²) in [6.07, 6.45) is -9.47. The van der Waals surface area contributed by atoms with Gasteiger partial charge in [-0.25, -0.2) is 0 Å². The van der Waals surface area contributed by atoms with Crippen molar-refractivity contribution in [3.05, 3.63) is 0 Å². The first-order valence-corrected chi connectivity index (χ1v) is 37.8. The van der Waals surface area contributed by atoms with Crippen LogP contribution in [-0.2, 0) is 95.1 Å². The molecule has 626 valence electrons. The zero-order valence-corrected chi connectivity index (χ0v) is 64.5. The first kappa shape index (κ1) is 98.8. The highest BCUT2D eigenvalue weighted by Crippen LogP contribution is 2.30. The SMILES string of the molecule is CC(C)(C)C.COCCCCCCCC(=O)CCCC(=O)NC(CCC(=O)CCCOCCOCCOC1OC(CO)C(O)C(O)C1NC(C)=O)(CCC(=O)NCCOCCOCCOC1OC(CO)C(O)C(O)C1NC(C)=O)CCC(O)CCCOCCOCCOC1OC(CO)C(O)C(O)C1NC(C)=O. The average molecular weight is 1550 g/mol. The molecule has 3 aliphatic heterocycles. The Balaban J connectivity index is 0.00000750. The van der Waals surface area contributed by atoms with Crippen LogP contribution in [0.3, 0.4) is 0 Å². The number of hydrogen-bond donors (Lipinski definition) is 15. The Morgan fingerprint density at radius 2 is 0.757 bits per heavy atom. The van der Waals surface area contributed by atoms with Gasteiger partial charge in [-0.15, -0.1) is 0 Å². The molecular formula is C72H133N5O30. The van der Waals surface area contributed by atoms with Crippen molar-refractivity contribution in [1.82, 2.24) is 26.6 Å². The lowest BCUT2D eigenvalue weighted by Gasteiger charge is -2.42. The molecule has 15 N–H and O–H groups in total. The lowest BCUT2D eigenvalue weighted by molar-refractivity contribution is -0.272. The molecule has 3 fully saturated rings. The summed E-state index contributed by atoms with van der Waals surface area (Å²) < 4.78 is 72.7. The average Bonchev–Trinajstić information content (AvgIpc) is 0.825. The zero-order chi connectivity index (χ0) is 79.6. The summed E-state index contributed by atoms with van der Waals surface area (Å²) in [4.78, 5) is 89.4. The molecule has 107 heavy (non-hydrogen) atoms. The van der Waals surface area contributed by atoms with Crippen LogP contribution in [0.1, 0.15) is 170 Å². The Kier molecular flexibility index (Phi) is 53.4. The zero-order valence-electron chi connectivity index (χ0n) is 64.5. The molecule has 0 bridgehead atoms. The predicted molar refractivity (Wildman–Crippen MR) is 383 cm³/mol. The number of carbonyl (C=O) groups excluding carboxylic acids is 7. The largest absolute Gasteiger partial charge is 0.394 e. The molecule has 3 heterocycles. The van der Waals surface area contributed by atoms with Crippen LogP contribution in [0, 0.1) is 5.41 Å². The molecule has 17 unspecified atom stereocenters. The highest BCUT2D eigenvalue weighted by atomic mass is 16.7. The van der Waals surface area contributed by atoms with E-state index in [1.54, 1.807) is 7.11 Å². The van der Waals surface area contributed by atoms with Crippen molar-refractivity contribution in [1.29, 1.82) is 0 Å². The van der Waals surface area contributed by atoms with Gasteiger partial charge in [0.1, 0.15) is 84.6 Å². The number of Topliss-reactive ketones (excluding diaryl/α,β-unsaturated/α-hetero) is 2. The number of aliphatic hydroxyl groups is 10. The number of hydrogen-bond acceptors (Lipinski definition) is 30. The molecule has 0 spiro atoms. The van der Waals surface area contributed by atoms with Crippen LogP contribution in [-0.4, -0.2) is 335 Å². The number of methoxy groups -OCH3 is 1. The number of unbranched alkanes of at least 4 members (excludes halogenated alkanes) is 4. The first-order chi connectivity index (χ1) is 51.0. The van der Waals surface area contributed by atoms with Gasteiger partial charge >= 0.3 is 0 Å². The summed E-state index contributed by atoms with van der Waals surface area (Å²) in [5.74, 6) is -2.32. The summed E-state index contributed by atoms with van der Waals surface area (Å²) in [6, 6.07) is -3.31. The quantitative estimate of drug-likeness (QED) is 0.0310. The van der Waals surface area contributed by atoms with Gasteiger partial charge in [-0.2, -0.15) is 0 Å². The maximum atomic E-state index is 14.0. The Bertz CT molecular complexity index is 2310. The van der Waals surface area contributed by atoms with E-state index in [1.165, 1.54) is 20.8 Å². The number of rotatable bonds is 60. The number of carbonyl (C=O) groups is 7. The van der Waals surface area contributed by atoms with E-state index in [-0.39, 0.29) is 193 Å². The second-order valence-corrected chi connectivity index (χ2v) is 28.6. The lowest BCUT2D eigenvalue weighted by Crippen LogP contribution is -2.64. The van der Waals surface area contributed by atoms with E-state index in [4.69, 9.17) is 61.6 Å². The fourth-order valence-electron chi connectivity index (χ4n) is 11.7. The van der Waals surface area contributed by atoms with Crippen molar-refractivity contribution in [3.8, 4) is 0 Å². The topological polar surface area (TPSA) is 502 Å². The second kappa shape index (κ2) is 57.8. The van der Waals surface area contributed by atoms with Gasteiger partial charge in [0.2, 0.25) is 29.5 Å². The van der Waals surface area contributed by atoms with Gasteiger partial charge in [0, 0.05) is 98.3 Å². The fourth-order valence-corrected chi connectivity index (χ4v) is 11.7. The molecule has 3 rings (SSSR count). The molecule has 0 radical (unpaired) electrons. The molecule has 0 aromatic rings. The maximum absolute atomic E-state index is 14.0. The van der Waals surface area contributed by atoms with Crippen molar-refractivity contribution >= 4 is 41.1 Å². The van der Waals surface area contributed by atoms with Crippen LogP contribution in [0.2, 0.25) is 0 Å². The van der Waals surface area contributed by atoms with Crippen LogP contribution in [0.4, 0.5) is 0 Å². The van der Waals surface area contributed by atoms with Gasteiger partial charge in [-0.1, -0.05) is 47.0 Å². The van der Waals surface area contributed by atoms with Crippen molar-refractivity contribution in [3.63, 3.8) is 0 Å². The van der Waals surface area contributed by atoms with Crippen LogP contribution in [0.5, 0.6) is 0 Å². The summed E-state index contributed by atoms with van der Waals surface area (Å²) in [5.41, 5.74) is -0.661. The fraction of sp³-hybridized carbons (Fsp3) is 0.903. The van der Waals surface area contributed by atoms with Gasteiger partial charge in [-0.3, -0.25) is 33.6 Å². The number of aliphatic hydroxyl groups excluding tert-OH is 10. The normalized spacial score (nSPS) is 25.3. The Labute approximate surface area is 630 Å². The van der Waals surface area contributed by atoms with Gasteiger partial charge in [-0.05, 0) is 69.6 Å². The van der Waals surface area contributed by atoms with Crippen molar-refractivity contribution in [2.24, 2.45) is 5.41 Å². The van der Waals surface area contributed by atoms with Crippen LogP contribution in [0.15, 0.2) is 0 Å². The number of ether oxygens (including phenoxy) is 13. The maximum Gasteiger partial charge on any atom is 0.220 e. The van der Waals surface area contributed by atoms with Gasteiger partial charge in [0.05, 0.1) is 112 Å². The van der Waals surface area contributed by atoms with E-state index in [2.05, 4.69) is 54.3 Å². The van der Waals surface area contributed by atoms with Crippen molar-refractivity contribution in [2.75, 3.05) is 139 Å². The first-order valence-electron chi connectivity index (χ1n) is 37.8. The molecule has 35 nitrogen and oxygen atoms in total. The number of nitrogens with one attached hydrogen (secondary N) is 5. The van der Waals surface area contributed by atoms with Crippen LogP contribution < -0.4 is 26.6 Å². The minimum absolute atomic E-state index is 0.0000181. The van der Waals surface area contributed by atoms with Gasteiger partial charge in [0.15, 0.2) is 18.9 Å². The van der Waals surface area contributed by atoms with E-state index < -0.39 is 141 Å². The van der Waals surface area contributed by atoms with Crippen LogP contribution in [0.25, 0.3) is 0 Å². The van der Waals surface area contributed by atoms with Gasteiger partial charge in [0.25, 0.3) is 0 Å². The third kappa shape index (κ3) is 44.6. The van der Waals surface area contributed by atoms with E-state index in [1.807, 2.05) is 0 Å². The predicted octanol–water partition coefficient (Wildman–Crippen LogP) is -1.45. The third-order valence-corrected chi connectivity index (χ3v) is 17.3. The molecule has 0 aliphatic carbocycles. The molecule has 17 atom stereocenters. The Morgan fingerprint density at radius 1 is 0.393 bits per heavy atom.